The minimum Gasteiger partial charge on any atom is -0.497 e. The first-order valence-electron chi connectivity index (χ1n) is 13.8. The first-order valence-corrected chi connectivity index (χ1v) is 14.5. The van der Waals surface area contributed by atoms with Crippen LogP contribution in [0.3, 0.4) is 0 Å². The van der Waals surface area contributed by atoms with Gasteiger partial charge in [0.15, 0.2) is 0 Å². The summed E-state index contributed by atoms with van der Waals surface area (Å²) in [6.07, 6.45) is 2.95. The van der Waals surface area contributed by atoms with Crippen LogP contribution in [-0.2, 0) is 14.3 Å². The molecule has 0 aliphatic carbocycles. The molecule has 40 heavy (non-hydrogen) atoms. The SMILES string of the molecule is CCCCCCN(C(=O)C(CS)NC(=O)OC(C)(C)C)C(C(=O)Nc1ccc(OC)cc1)c1ccc(C)c(C)c1. The van der Waals surface area contributed by atoms with Gasteiger partial charge in [0.05, 0.1) is 7.11 Å². The van der Waals surface area contributed by atoms with Crippen LogP contribution in [0.5, 0.6) is 5.75 Å². The van der Waals surface area contributed by atoms with E-state index in [1.807, 2.05) is 32.0 Å². The van der Waals surface area contributed by atoms with Crippen molar-refractivity contribution >= 4 is 36.2 Å². The minimum absolute atomic E-state index is 0.0449. The third kappa shape index (κ3) is 10.1. The van der Waals surface area contributed by atoms with Gasteiger partial charge in [0.2, 0.25) is 5.91 Å². The number of anilines is 1. The first-order chi connectivity index (χ1) is 18.9. The van der Waals surface area contributed by atoms with Gasteiger partial charge in [-0.2, -0.15) is 12.6 Å². The largest absolute Gasteiger partial charge is 0.497 e. The lowest BCUT2D eigenvalue weighted by molar-refractivity contribution is -0.140. The number of benzene rings is 2. The van der Waals surface area contributed by atoms with Gasteiger partial charge in [-0.15, -0.1) is 0 Å². The minimum atomic E-state index is -0.979. The van der Waals surface area contributed by atoms with Crippen LogP contribution in [0.1, 0.15) is 76.1 Å². The molecule has 2 aromatic rings. The number of carbonyl (C=O) groups excluding carboxylic acids is 3. The molecule has 0 fully saturated rings. The number of hydrogen-bond acceptors (Lipinski definition) is 6. The fourth-order valence-corrected chi connectivity index (χ4v) is 4.45. The summed E-state index contributed by atoms with van der Waals surface area (Å²) in [5, 5.41) is 5.63. The molecule has 2 unspecified atom stereocenters. The van der Waals surface area contributed by atoms with Gasteiger partial charge in [-0.3, -0.25) is 9.59 Å². The van der Waals surface area contributed by atoms with Crippen molar-refractivity contribution in [3.8, 4) is 5.75 Å². The highest BCUT2D eigenvalue weighted by Crippen LogP contribution is 2.27. The van der Waals surface area contributed by atoms with E-state index in [9.17, 15) is 14.4 Å². The van der Waals surface area contributed by atoms with E-state index in [0.29, 0.717) is 30.0 Å². The zero-order chi connectivity index (χ0) is 29.9. The van der Waals surface area contributed by atoms with Crippen LogP contribution >= 0.6 is 12.6 Å². The van der Waals surface area contributed by atoms with Crippen molar-refractivity contribution in [1.29, 1.82) is 0 Å². The smallest absolute Gasteiger partial charge is 0.408 e. The van der Waals surface area contributed by atoms with E-state index in [1.165, 1.54) is 0 Å². The Kier molecular flexibility index (Phi) is 12.8. The van der Waals surface area contributed by atoms with Gasteiger partial charge in [-0.1, -0.05) is 44.4 Å². The molecular formula is C31H45N3O5S. The average molecular weight is 572 g/mol. The van der Waals surface area contributed by atoms with Crippen molar-refractivity contribution in [2.75, 3.05) is 24.7 Å². The summed E-state index contributed by atoms with van der Waals surface area (Å²) in [6, 6.07) is 10.9. The molecule has 0 aliphatic heterocycles. The molecule has 2 atom stereocenters. The van der Waals surface area contributed by atoms with E-state index in [4.69, 9.17) is 9.47 Å². The Morgan fingerprint density at radius 2 is 1.65 bits per heavy atom. The Bertz CT molecular complexity index is 1130. The Labute approximate surface area is 244 Å². The number of carbonyl (C=O) groups is 3. The Morgan fingerprint density at radius 3 is 2.20 bits per heavy atom. The monoisotopic (exact) mass is 571 g/mol. The number of nitrogens with one attached hydrogen (secondary N) is 2. The zero-order valence-corrected chi connectivity index (χ0v) is 25.8. The number of methoxy groups -OCH3 is 1. The molecule has 0 bridgehead atoms. The number of alkyl carbamates (subject to hydrolysis) is 1. The quantitative estimate of drug-likeness (QED) is 0.196. The zero-order valence-electron chi connectivity index (χ0n) is 24.9. The maximum atomic E-state index is 14.1. The van der Waals surface area contributed by atoms with Gasteiger partial charge in [0.1, 0.15) is 23.4 Å². The fraction of sp³-hybridized carbons (Fsp3) is 0.516. The van der Waals surface area contributed by atoms with E-state index >= 15 is 0 Å². The number of unbranched alkanes of at least 4 members (excludes halogenated alkanes) is 3. The van der Waals surface area contributed by atoms with Crippen LogP contribution in [0.25, 0.3) is 0 Å². The Balaban J connectivity index is 2.50. The van der Waals surface area contributed by atoms with Gasteiger partial charge in [0, 0.05) is 18.0 Å². The second kappa shape index (κ2) is 15.6. The number of thiol groups is 1. The molecule has 220 valence electrons. The van der Waals surface area contributed by atoms with Crippen molar-refractivity contribution in [3.63, 3.8) is 0 Å². The van der Waals surface area contributed by atoms with Gasteiger partial charge in [-0.05, 0) is 82.0 Å². The van der Waals surface area contributed by atoms with Crippen LogP contribution in [0, 0.1) is 13.8 Å². The van der Waals surface area contributed by atoms with Gasteiger partial charge < -0.3 is 25.0 Å². The summed E-state index contributed by atoms with van der Waals surface area (Å²) in [5.41, 5.74) is 2.63. The predicted molar refractivity (Wildman–Crippen MR) is 163 cm³/mol. The number of amides is 3. The van der Waals surface area contributed by atoms with Crippen LogP contribution in [0.4, 0.5) is 10.5 Å². The molecule has 0 heterocycles. The van der Waals surface area contributed by atoms with Crippen molar-refractivity contribution in [2.45, 2.75) is 84.9 Å². The van der Waals surface area contributed by atoms with Gasteiger partial charge in [0.25, 0.3) is 5.91 Å². The average Bonchev–Trinajstić information content (AvgIpc) is 2.89. The highest BCUT2D eigenvalue weighted by Gasteiger charge is 2.36. The lowest BCUT2D eigenvalue weighted by atomic mass is 9.98. The van der Waals surface area contributed by atoms with Crippen molar-refractivity contribution in [3.05, 3.63) is 59.2 Å². The summed E-state index contributed by atoms with van der Waals surface area (Å²) in [7, 11) is 1.58. The van der Waals surface area contributed by atoms with Crippen LogP contribution in [0.15, 0.2) is 42.5 Å². The molecule has 0 aliphatic rings. The van der Waals surface area contributed by atoms with E-state index in [1.54, 1.807) is 57.0 Å². The van der Waals surface area contributed by atoms with Crippen LogP contribution < -0.4 is 15.4 Å². The normalized spacial score (nSPS) is 12.7. The topological polar surface area (TPSA) is 97.0 Å². The molecule has 0 spiro atoms. The van der Waals surface area contributed by atoms with Crippen molar-refractivity contribution in [2.24, 2.45) is 0 Å². The highest BCUT2D eigenvalue weighted by atomic mass is 32.1. The van der Waals surface area contributed by atoms with E-state index < -0.39 is 29.7 Å². The molecule has 0 aromatic heterocycles. The highest BCUT2D eigenvalue weighted by molar-refractivity contribution is 7.80. The summed E-state index contributed by atoms with van der Waals surface area (Å²) >= 11 is 4.37. The summed E-state index contributed by atoms with van der Waals surface area (Å²) in [5.74, 6) is -0.0392. The maximum absolute atomic E-state index is 14.1. The molecule has 3 amide bonds. The van der Waals surface area contributed by atoms with Crippen molar-refractivity contribution < 1.29 is 23.9 Å². The summed E-state index contributed by atoms with van der Waals surface area (Å²) in [4.78, 5) is 42.2. The van der Waals surface area contributed by atoms with Gasteiger partial charge in [-0.25, -0.2) is 4.79 Å². The molecule has 2 aromatic carbocycles. The van der Waals surface area contributed by atoms with Gasteiger partial charge >= 0.3 is 6.09 Å². The summed E-state index contributed by atoms with van der Waals surface area (Å²) in [6.45, 7) is 11.7. The number of rotatable bonds is 13. The summed E-state index contributed by atoms with van der Waals surface area (Å²) < 4.78 is 10.6. The third-order valence-corrected chi connectivity index (χ3v) is 6.84. The molecule has 8 nitrogen and oxygen atoms in total. The number of nitrogens with zero attached hydrogens (tertiary/aromatic N) is 1. The van der Waals surface area contributed by atoms with E-state index in [0.717, 1.165) is 30.4 Å². The first kappa shape index (κ1) is 33.0. The molecule has 0 saturated heterocycles. The second-order valence-electron chi connectivity index (χ2n) is 10.9. The number of aryl methyl sites for hydroxylation is 2. The van der Waals surface area contributed by atoms with Crippen LogP contribution in [0.2, 0.25) is 0 Å². The molecule has 0 saturated carbocycles. The van der Waals surface area contributed by atoms with E-state index in [-0.39, 0.29) is 11.7 Å². The molecule has 0 radical (unpaired) electrons. The third-order valence-electron chi connectivity index (χ3n) is 6.47. The number of ether oxygens (including phenoxy) is 2. The lowest BCUT2D eigenvalue weighted by Crippen LogP contribution is -2.53. The standard InChI is InChI=1S/C31H45N3O5S/c1-8-9-10-11-18-34(29(36)26(20-40)33-30(37)39-31(4,5)6)27(23-13-12-21(2)22(3)19-23)28(35)32-24-14-16-25(38-7)17-15-24/h12-17,19,26-27,40H,8-11,18,20H2,1-7H3,(H,32,35)(H,33,37). The maximum Gasteiger partial charge on any atom is 0.408 e. The molecule has 9 heteroatoms. The number of hydrogen-bond donors (Lipinski definition) is 3. The van der Waals surface area contributed by atoms with Crippen LogP contribution in [-0.4, -0.2) is 53.9 Å². The van der Waals surface area contributed by atoms with E-state index in [2.05, 4.69) is 30.2 Å². The molecule has 2 rings (SSSR count). The predicted octanol–water partition coefficient (Wildman–Crippen LogP) is 6.22. The molecule has 2 N–H and O–H groups in total. The Morgan fingerprint density at radius 1 is 0.975 bits per heavy atom. The van der Waals surface area contributed by atoms with Crippen molar-refractivity contribution in [1.82, 2.24) is 10.2 Å². The molecular weight excluding hydrogens is 526 g/mol. The fourth-order valence-electron chi connectivity index (χ4n) is 4.20. The second-order valence-corrected chi connectivity index (χ2v) is 11.3. The Hall–Kier alpha value is -3.20. The lowest BCUT2D eigenvalue weighted by Gasteiger charge is -2.34.